The molecule has 8 heteroatoms. The van der Waals surface area contributed by atoms with Crippen LogP contribution in [0.25, 0.3) is 0 Å². The molecule has 180 valence electrons. The summed E-state index contributed by atoms with van der Waals surface area (Å²) >= 11 is 0. The third kappa shape index (κ3) is 5.39. The van der Waals surface area contributed by atoms with E-state index in [1.165, 1.54) is 13.1 Å². The van der Waals surface area contributed by atoms with Crippen LogP contribution in [0.5, 0.6) is 11.6 Å². The first-order valence-corrected chi connectivity index (χ1v) is 12.5. The number of amides is 1. The van der Waals surface area contributed by atoms with Crippen molar-refractivity contribution in [2.24, 2.45) is 4.36 Å². The van der Waals surface area contributed by atoms with Gasteiger partial charge in [-0.25, -0.2) is 13.6 Å². The Balaban J connectivity index is 2.09. The number of ether oxygens (including phenoxy) is 1. The lowest BCUT2D eigenvalue weighted by molar-refractivity contribution is 0.0979. The number of aryl methyl sites for hydroxylation is 3. The number of nitrogens with zero attached hydrogens (tertiary/aromatic N) is 2. The minimum atomic E-state index is -3.26. The number of nitrogens with two attached hydrogens (primary N) is 1. The van der Waals surface area contributed by atoms with Gasteiger partial charge in [0.2, 0.25) is 5.88 Å². The van der Waals surface area contributed by atoms with Crippen LogP contribution in [0.15, 0.2) is 57.8 Å². The van der Waals surface area contributed by atoms with Crippen molar-refractivity contribution in [3.63, 3.8) is 0 Å². The maximum atomic E-state index is 13.5. The number of aromatic nitrogens is 1. The highest BCUT2D eigenvalue weighted by molar-refractivity contribution is 7.92. The molecule has 1 heterocycles. The first-order valence-electron chi connectivity index (χ1n) is 10.9. The summed E-state index contributed by atoms with van der Waals surface area (Å²) in [6.45, 7) is 12.0. The average Bonchev–Trinajstić information content (AvgIpc) is 2.75. The van der Waals surface area contributed by atoms with E-state index in [4.69, 9.17) is 10.5 Å². The lowest BCUT2D eigenvalue weighted by atomic mass is 9.91. The lowest BCUT2D eigenvalue weighted by Gasteiger charge is -2.21. The molecule has 34 heavy (non-hydrogen) atoms. The minimum Gasteiger partial charge on any atom is -0.438 e. The molecular formula is C26H32N4O3S. The summed E-state index contributed by atoms with van der Waals surface area (Å²) in [4.78, 5) is 18.4. The summed E-state index contributed by atoms with van der Waals surface area (Å²) in [6.07, 6.45) is 0. The molecule has 7 nitrogen and oxygen atoms in total. The Morgan fingerprint density at radius 2 is 1.71 bits per heavy atom. The van der Waals surface area contributed by atoms with Crippen molar-refractivity contribution in [2.45, 2.75) is 51.9 Å². The molecule has 0 radical (unpaired) electrons. The molecule has 0 spiro atoms. The van der Waals surface area contributed by atoms with Gasteiger partial charge in [0.25, 0.3) is 5.91 Å². The van der Waals surface area contributed by atoms with Crippen LogP contribution in [0.3, 0.4) is 0 Å². The number of carbonyl (C=O) groups excluding carboxylic acids is 1. The van der Waals surface area contributed by atoms with Crippen molar-refractivity contribution in [1.82, 2.24) is 9.71 Å². The van der Waals surface area contributed by atoms with Gasteiger partial charge in [0.1, 0.15) is 11.3 Å². The van der Waals surface area contributed by atoms with Crippen LogP contribution in [0.1, 0.15) is 53.5 Å². The van der Waals surface area contributed by atoms with Crippen molar-refractivity contribution >= 4 is 21.5 Å². The van der Waals surface area contributed by atoms with Crippen LogP contribution in [0.2, 0.25) is 0 Å². The lowest BCUT2D eigenvalue weighted by Crippen LogP contribution is -2.31. The highest BCUT2D eigenvalue weighted by Crippen LogP contribution is 2.33. The Hall–Kier alpha value is -3.39. The predicted molar refractivity (Wildman–Crippen MR) is 137 cm³/mol. The Labute approximate surface area is 202 Å². The van der Waals surface area contributed by atoms with Gasteiger partial charge in [-0.05, 0) is 62.2 Å². The van der Waals surface area contributed by atoms with Crippen molar-refractivity contribution in [1.29, 1.82) is 0 Å². The van der Waals surface area contributed by atoms with Crippen LogP contribution < -0.4 is 15.2 Å². The molecule has 0 saturated heterocycles. The predicted octanol–water partition coefficient (Wildman–Crippen LogP) is 5.48. The van der Waals surface area contributed by atoms with Crippen LogP contribution in [-0.2, 0) is 15.3 Å². The van der Waals surface area contributed by atoms with E-state index in [1.54, 1.807) is 30.3 Å². The van der Waals surface area contributed by atoms with Gasteiger partial charge in [0, 0.05) is 23.8 Å². The zero-order valence-corrected chi connectivity index (χ0v) is 21.5. The van der Waals surface area contributed by atoms with Crippen LogP contribution in [-0.4, -0.2) is 22.1 Å². The van der Waals surface area contributed by atoms with Gasteiger partial charge in [-0.15, -0.1) is 0 Å². The van der Waals surface area contributed by atoms with Crippen molar-refractivity contribution in [2.75, 3.05) is 12.8 Å². The normalized spacial score (nSPS) is 13.1. The largest absolute Gasteiger partial charge is 0.438 e. The second-order valence-corrected chi connectivity index (χ2v) is 11.4. The molecule has 0 saturated carbocycles. The molecule has 0 fully saturated rings. The van der Waals surface area contributed by atoms with E-state index < -0.39 is 15.8 Å². The molecule has 0 bridgehead atoms. The van der Waals surface area contributed by atoms with Gasteiger partial charge in [-0.1, -0.05) is 44.5 Å². The molecule has 2 aromatic carbocycles. The van der Waals surface area contributed by atoms with Gasteiger partial charge in [-0.3, -0.25) is 9.52 Å². The third-order valence-corrected chi connectivity index (χ3v) is 7.21. The molecule has 3 N–H and O–H groups in total. The second kappa shape index (κ2) is 9.46. The van der Waals surface area contributed by atoms with Crippen molar-refractivity contribution in [3.05, 3.63) is 76.5 Å². The van der Waals surface area contributed by atoms with E-state index in [0.29, 0.717) is 16.3 Å². The molecule has 3 aromatic rings. The van der Waals surface area contributed by atoms with Gasteiger partial charge in [-0.2, -0.15) is 0 Å². The maximum Gasteiger partial charge on any atom is 0.269 e. The third-order valence-electron chi connectivity index (χ3n) is 5.34. The quantitative estimate of drug-likeness (QED) is 0.470. The molecular weight excluding hydrogens is 448 g/mol. The number of nitrogen functional groups attached to an aromatic ring is 1. The molecule has 1 amide bonds. The minimum absolute atomic E-state index is 0.144. The summed E-state index contributed by atoms with van der Waals surface area (Å²) in [5, 5.41) is 0. The Morgan fingerprint density at radius 3 is 2.26 bits per heavy atom. The number of hydrogen-bond acceptors (Lipinski definition) is 6. The highest BCUT2D eigenvalue weighted by Gasteiger charge is 2.25. The zero-order valence-electron chi connectivity index (χ0n) is 20.7. The fourth-order valence-electron chi connectivity index (χ4n) is 3.61. The number of nitrogens with one attached hydrogen (secondary N) is 1. The number of carbonyl (C=O) groups is 1. The number of benzene rings is 2. The van der Waals surface area contributed by atoms with Crippen LogP contribution in [0.4, 0.5) is 5.69 Å². The van der Waals surface area contributed by atoms with Crippen molar-refractivity contribution in [3.8, 4) is 11.6 Å². The van der Waals surface area contributed by atoms with Crippen LogP contribution >= 0.6 is 0 Å². The van der Waals surface area contributed by atoms with Crippen molar-refractivity contribution < 1.29 is 13.7 Å². The SMILES string of the molecule is CN=S(=O)(NC(=O)c1ccc(C(C)(C)C)nc1Oc1c(C)cc(C)cc1C)c1cccc(N)c1. The summed E-state index contributed by atoms with van der Waals surface area (Å²) in [5.41, 5.74) is 9.90. The summed E-state index contributed by atoms with van der Waals surface area (Å²) in [6, 6.07) is 13.9. The molecule has 1 unspecified atom stereocenters. The Morgan fingerprint density at radius 1 is 1.06 bits per heavy atom. The fourth-order valence-corrected chi connectivity index (χ4v) is 4.95. The second-order valence-electron chi connectivity index (χ2n) is 9.34. The van der Waals surface area contributed by atoms with Crippen LogP contribution in [0, 0.1) is 20.8 Å². The van der Waals surface area contributed by atoms with Gasteiger partial charge in [0.05, 0.1) is 4.90 Å². The topological polar surface area (TPSA) is 107 Å². The van der Waals surface area contributed by atoms with E-state index in [-0.39, 0.29) is 16.9 Å². The monoisotopic (exact) mass is 480 g/mol. The molecule has 0 aliphatic rings. The number of hydrogen-bond donors (Lipinski definition) is 2. The van der Waals surface area contributed by atoms with E-state index in [0.717, 1.165) is 22.4 Å². The summed E-state index contributed by atoms with van der Waals surface area (Å²) in [5.74, 6) is 0.170. The molecule has 1 atom stereocenters. The average molecular weight is 481 g/mol. The Kier molecular flexibility index (Phi) is 7.02. The number of rotatable bonds is 5. The molecule has 3 rings (SSSR count). The smallest absolute Gasteiger partial charge is 0.269 e. The van der Waals surface area contributed by atoms with E-state index in [9.17, 15) is 9.00 Å². The first kappa shape index (κ1) is 25.2. The first-order chi connectivity index (χ1) is 15.8. The zero-order chi connectivity index (χ0) is 25.3. The Bertz CT molecular complexity index is 1340. The van der Waals surface area contributed by atoms with Gasteiger partial charge < -0.3 is 10.5 Å². The standard InChI is InChI=1S/C26H32N4O3S/c1-16-13-17(2)23(18(3)14-16)33-25-21(11-12-22(29-25)26(4,5)6)24(31)30-34(32,28-7)20-10-8-9-19(27)15-20/h8-15H,27H2,1-7H3,(H,28,30,31,32). The number of anilines is 1. The number of pyridine rings is 1. The van der Waals surface area contributed by atoms with E-state index in [1.807, 2.05) is 53.7 Å². The summed E-state index contributed by atoms with van der Waals surface area (Å²) in [7, 11) is -1.87. The van der Waals surface area contributed by atoms with Gasteiger partial charge in [0.15, 0.2) is 9.92 Å². The van der Waals surface area contributed by atoms with Gasteiger partial charge >= 0.3 is 0 Å². The molecule has 0 aliphatic heterocycles. The molecule has 1 aromatic heterocycles. The maximum absolute atomic E-state index is 13.5. The fraction of sp³-hybridized carbons (Fsp3) is 0.308. The molecule has 0 aliphatic carbocycles. The van der Waals surface area contributed by atoms with E-state index >= 15 is 0 Å². The highest BCUT2D eigenvalue weighted by atomic mass is 32.2. The van der Waals surface area contributed by atoms with E-state index in [2.05, 4.69) is 14.1 Å². The summed E-state index contributed by atoms with van der Waals surface area (Å²) < 4.78 is 26.3.